The Balaban J connectivity index is 1.63. The molecule has 2 aliphatic heterocycles. The van der Waals surface area contributed by atoms with Gasteiger partial charge in [-0.3, -0.25) is 14.6 Å². The van der Waals surface area contributed by atoms with Crippen LogP contribution in [0.3, 0.4) is 0 Å². The van der Waals surface area contributed by atoms with E-state index in [0.717, 1.165) is 0 Å². The first kappa shape index (κ1) is 18.5. The second-order valence-corrected chi connectivity index (χ2v) is 6.93. The number of carbonyl (C=O) groups excluding carboxylic acids is 1. The molecule has 0 N–H and O–H groups in total. The van der Waals surface area contributed by atoms with E-state index in [1.807, 2.05) is 23.1 Å². The summed E-state index contributed by atoms with van der Waals surface area (Å²) in [6.07, 6.45) is -2.88. The Morgan fingerprint density at radius 2 is 1.84 bits per heavy atom. The normalized spacial score (nSPS) is 23.9. The summed E-state index contributed by atoms with van der Waals surface area (Å²) in [6.45, 7) is 1.55. The lowest BCUT2D eigenvalue weighted by atomic mass is 10.2. The molecule has 2 fully saturated rings. The first-order valence-corrected chi connectivity index (χ1v) is 8.82. The van der Waals surface area contributed by atoms with Gasteiger partial charge in [0.05, 0.1) is 23.3 Å². The van der Waals surface area contributed by atoms with E-state index in [1.165, 1.54) is 4.90 Å². The molecule has 0 saturated carbocycles. The zero-order valence-corrected chi connectivity index (χ0v) is 14.6. The molecule has 1 amide bonds. The van der Waals surface area contributed by atoms with Crippen molar-refractivity contribution in [2.24, 2.45) is 0 Å². The molecule has 4 nitrogen and oxygen atoms in total. The molecule has 2 aliphatic rings. The number of amides is 1. The summed E-state index contributed by atoms with van der Waals surface area (Å²) < 4.78 is 37.7. The van der Waals surface area contributed by atoms with E-state index in [2.05, 4.69) is 0 Å². The summed E-state index contributed by atoms with van der Waals surface area (Å²) in [5.41, 5.74) is 0.699. The largest absolute Gasteiger partial charge is 0.401 e. The summed E-state index contributed by atoms with van der Waals surface area (Å²) in [5, 5.41) is 0.531. The predicted octanol–water partition coefficient (Wildman–Crippen LogP) is 3.02. The van der Waals surface area contributed by atoms with Crippen LogP contribution in [0.5, 0.6) is 0 Å². The molecule has 0 radical (unpaired) electrons. The van der Waals surface area contributed by atoms with Crippen molar-refractivity contribution < 1.29 is 18.0 Å². The van der Waals surface area contributed by atoms with Crippen LogP contribution in [-0.4, -0.2) is 67.2 Å². The average molecular weight is 376 g/mol. The minimum Gasteiger partial charge on any atom is -0.310 e. The fraction of sp³-hybridized carbons (Fsp3) is 0.588. The lowest BCUT2D eigenvalue weighted by Crippen LogP contribution is -2.44. The van der Waals surface area contributed by atoms with Crippen molar-refractivity contribution in [3.8, 4) is 0 Å². The fourth-order valence-corrected chi connectivity index (χ4v) is 3.87. The van der Waals surface area contributed by atoms with Gasteiger partial charge in [-0.05, 0) is 31.5 Å². The zero-order chi connectivity index (χ0) is 18.0. The van der Waals surface area contributed by atoms with Crippen LogP contribution in [0.15, 0.2) is 24.3 Å². The summed E-state index contributed by atoms with van der Waals surface area (Å²) in [4.78, 5) is 17.9. The minimum absolute atomic E-state index is 0.0163. The van der Waals surface area contributed by atoms with E-state index >= 15 is 0 Å². The molecular weight excluding hydrogens is 355 g/mol. The third kappa shape index (κ3) is 4.46. The van der Waals surface area contributed by atoms with Gasteiger partial charge in [0, 0.05) is 26.2 Å². The van der Waals surface area contributed by atoms with E-state index in [9.17, 15) is 18.0 Å². The topological polar surface area (TPSA) is 26.8 Å². The minimum atomic E-state index is -4.18. The number of anilines is 1. The Hall–Kier alpha value is -1.31. The second-order valence-electron chi connectivity index (χ2n) is 6.53. The number of hydrogen-bond acceptors (Lipinski definition) is 3. The third-order valence-electron chi connectivity index (χ3n) is 4.79. The number of para-hydroxylation sites is 1. The zero-order valence-electron chi connectivity index (χ0n) is 13.8. The molecule has 2 saturated heterocycles. The molecule has 0 bridgehead atoms. The first-order valence-electron chi connectivity index (χ1n) is 8.44. The number of nitrogens with zero attached hydrogens (tertiary/aromatic N) is 3. The highest BCUT2D eigenvalue weighted by molar-refractivity contribution is 6.33. The standard InChI is InChI=1S/C17H21ClF3N3O/c18-13-4-1-2-5-14(13)24-9-6-15(16(24)25)23-8-3-7-22(10-11-23)12-17(19,20)21/h1-2,4-5,15H,3,6-12H2. The van der Waals surface area contributed by atoms with Gasteiger partial charge in [0.15, 0.2) is 0 Å². The van der Waals surface area contributed by atoms with Gasteiger partial charge in [-0.25, -0.2) is 0 Å². The summed E-state index contributed by atoms with van der Waals surface area (Å²) in [5.74, 6) is -0.0163. The molecule has 138 valence electrons. The molecule has 0 aliphatic carbocycles. The number of hydrogen-bond donors (Lipinski definition) is 0. The maximum Gasteiger partial charge on any atom is 0.401 e. The lowest BCUT2D eigenvalue weighted by Gasteiger charge is -2.27. The maximum atomic E-state index is 12.8. The summed E-state index contributed by atoms with van der Waals surface area (Å²) in [7, 11) is 0. The molecule has 3 rings (SSSR count). The number of rotatable bonds is 3. The van der Waals surface area contributed by atoms with Crippen molar-refractivity contribution in [3.63, 3.8) is 0 Å². The molecule has 1 unspecified atom stereocenters. The highest BCUT2D eigenvalue weighted by Gasteiger charge is 2.38. The first-order chi connectivity index (χ1) is 11.8. The Labute approximate surface area is 150 Å². The molecule has 8 heteroatoms. The van der Waals surface area contributed by atoms with Crippen LogP contribution in [-0.2, 0) is 4.79 Å². The van der Waals surface area contributed by atoms with Crippen molar-refractivity contribution in [2.75, 3.05) is 44.2 Å². The van der Waals surface area contributed by atoms with Crippen LogP contribution in [0.2, 0.25) is 5.02 Å². The van der Waals surface area contributed by atoms with Crippen molar-refractivity contribution in [2.45, 2.75) is 25.1 Å². The van der Waals surface area contributed by atoms with Crippen LogP contribution in [0, 0.1) is 0 Å². The molecule has 0 spiro atoms. The molecule has 25 heavy (non-hydrogen) atoms. The van der Waals surface area contributed by atoms with Gasteiger partial charge >= 0.3 is 6.18 Å². The number of benzene rings is 1. The van der Waals surface area contributed by atoms with Crippen LogP contribution in [0.4, 0.5) is 18.9 Å². The van der Waals surface area contributed by atoms with Crippen LogP contribution in [0.1, 0.15) is 12.8 Å². The molecule has 2 heterocycles. The Morgan fingerprint density at radius 1 is 1.08 bits per heavy atom. The Kier molecular flexibility index (Phi) is 5.55. The van der Waals surface area contributed by atoms with Crippen molar-refractivity contribution in [1.82, 2.24) is 9.80 Å². The third-order valence-corrected chi connectivity index (χ3v) is 5.11. The Morgan fingerprint density at radius 3 is 2.56 bits per heavy atom. The monoisotopic (exact) mass is 375 g/mol. The molecule has 0 aromatic heterocycles. The molecule has 1 atom stereocenters. The van der Waals surface area contributed by atoms with Gasteiger partial charge in [-0.15, -0.1) is 0 Å². The summed E-state index contributed by atoms with van der Waals surface area (Å²) >= 11 is 6.19. The number of carbonyl (C=O) groups is 1. The van der Waals surface area contributed by atoms with Gasteiger partial charge in [-0.2, -0.15) is 13.2 Å². The smallest absolute Gasteiger partial charge is 0.310 e. The average Bonchev–Trinajstić information content (AvgIpc) is 2.76. The van der Waals surface area contributed by atoms with Crippen LogP contribution in [0.25, 0.3) is 0 Å². The lowest BCUT2D eigenvalue weighted by molar-refractivity contribution is -0.145. The SMILES string of the molecule is O=C1C(N2CCCN(CC(F)(F)F)CC2)CCN1c1ccccc1Cl. The van der Waals surface area contributed by atoms with Crippen LogP contribution >= 0.6 is 11.6 Å². The van der Waals surface area contributed by atoms with E-state index in [-0.39, 0.29) is 11.9 Å². The predicted molar refractivity (Wildman–Crippen MR) is 90.9 cm³/mol. The van der Waals surface area contributed by atoms with Crippen molar-refractivity contribution in [3.05, 3.63) is 29.3 Å². The quantitative estimate of drug-likeness (QED) is 0.812. The van der Waals surface area contributed by atoms with Crippen LogP contribution < -0.4 is 4.90 Å². The van der Waals surface area contributed by atoms with E-state index in [4.69, 9.17) is 11.6 Å². The van der Waals surface area contributed by atoms with E-state index < -0.39 is 12.7 Å². The highest BCUT2D eigenvalue weighted by Crippen LogP contribution is 2.30. The van der Waals surface area contributed by atoms with Crippen molar-refractivity contribution >= 4 is 23.2 Å². The number of halogens is 4. The molecule has 1 aromatic carbocycles. The van der Waals surface area contributed by atoms with E-state index in [0.29, 0.717) is 56.3 Å². The fourth-order valence-electron chi connectivity index (χ4n) is 3.63. The van der Waals surface area contributed by atoms with Gasteiger partial charge in [-0.1, -0.05) is 23.7 Å². The van der Waals surface area contributed by atoms with Gasteiger partial charge in [0.1, 0.15) is 0 Å². The highest BCUT2D eigenvalue weighted by atomic mass is 35.5. The molecule has 1 aromatic rings. The summed E-state index contributed by atoms with van der Waals surface area (Å²) in [6, 6.07) is 6.94. The van der Waals surface area contributed by atoms with Gasteiger partial charge in [0.2, 0.25) is 5.91 Å². The number of alkyl halides is 3. The maximum absolute atomic E-state index is 12.8. The Bertz CT molecular complexity index is 625. The van der Waals surface area contributed by atoms with Gasteiger partial charge in [0.25, 0.3) is 0 Å². The van der Waals surface area contributed by atoms with E-state index in [1.54, 1.807) is 11.0 Å². The van der Waals surface area contributed by atoms with Crippen molar-refractivity contribution in [1.29, 1.82) is 0 Å². The second kappa shape index (κ2) is 7.51. The van der Waals surface area contributed by atoms with Gasteiger partial charge < -0.3 is 4.90 Å². The molecular formula is C17H21ClF3N3O.